The zero-order chi connectivity index (χ0) is 29.9. The molecule has 3 aliphatic heterocycles. The molecule has 5 aromatic rings. The van der Waals surface area contributed by atoms with Crippen LogP contribution in [0.25, 0.3) is 27.9 Å². The summed E-state index contributed by atoms with van der Waals surface area (Å²) in [6.45, 7) is -0.415. The molecule has 3 aliphatic rings. The van der Waals surface area contributed by atoms with Crippen LogP contribution in [0.1, 0.15) is 24.1 Å². The number of piperidine rings is 1. The summed E-state index contributed by atoms with van der Waals surface area (Å²) < 4.78 is 51.9. The summed E-state index contributed by atoms with van der Waals surface area (Å²) in [6.07, 6.45) is 11.4. The molecular weight excluding hydrogens is 576 g/mol. The van der Waals surface area contributed by atoms with Crippen LogP contribution in [-0.4, -0.2) is 74.1 Å². The molecule has 0 spiro atoms. The molecule has 0 radical (unpaired) electrons. The monoisotopic (exact) mass is 601 g/mol. The van der Waals surface area contributed by atoms with E-state index in [1.54, 1.807) is 41.3 Å². The molecule has 2 bridgehead atoms. The Labute approximate surface area is 245 Å². The number of piperazine rings is 1. The van der Waals surface area contributed by atoms with Gasteiger partial charge in [-0.25, -0.2) is 22.6 Å². The zero-order valence-electron chi connectivity index (χ0n) is 22.9. The van der Waals surface area contributed by atoms with E-state index in [2.05, 4.69) is 26.1 Å². The van der Waals surface area contributed by atoms with Crippen molar-refractivity contribution in [2.75, 3.05) is 24.2 Å². The summed E-state index contributed by atoms with van der Waals surface area (Å²) in [6, 6.07) is 11.7. The van der Waals surface area contributed by atoms with E-state index in [0.717, 1.165) is 37.4 Å². The van der Waals surface area contributed by atoms with Gasteiger partial charge in [0, 0.05) is 67.1 Å². The predicted octanol–water partition coefficient (Wildman–Crippen LogP) is 3.79. The van der Waals surface area contributed by atoms with Crippen LogP contribution in [0.15, 0.2) is 72.4 Å². The summed E-state index contributed by atoms with van der Waals surface area (Å²) >= 11 is 0. The normalized spacial score (nSPS) is 18.6. The summed E-state index contributed by atoms with van der Waals surface area (Å²) in [5, 5.41) is 17.7. The Morgan fingerprint density at radius 3 is 2.40 bits per heavy atom. The van der Waals surface area contributed by atoms with Crippen LogP contribution in [0.4, 0.5) is 14.6 Å². The molecule has 0 N–H and O–H groups in total. The van der Waals surface area contributed by atoms with E-state index in [4.69, 9.17) is 9.97 Å². The quantitative estimate of drug-likeness (QED) is 0.274. The van der Waals surface area contributed by atoms with Crippen molar-refractivity contribution in [3.05, 3.63) is 78.6 Å². The molecule has 2 atom stereocenters. The molecule has 1 aromatic carbocycles. The lowest BCUT2D eigenvalue weighted by Gasteiger charge is -2.56. The number of fused-ring (bicyclic) bond motifs is 3. The van der Waals surface area contributed by atoms with E-state index in [1.165, 1.54) is 24.8 Å². The maximum atomic E-state index is 13.1. The van der Waals surface area contributed by atoms with Gasteiger partial charge in [-0.15, -0.1) is 0 Å². The highest BCUT2D eigenvalue weighted by Gasteiger charge is 2.44. The van der Waals surface area contributed by atoms with Gasteiger partial charge in [-0.1, -0.05) is 12.1 Å². The topological polar surface area (TPSA) is 125 Å². The Bertz CT molecular complexity index is 1970. The molecule has 11 nitrogen and oxygen atoms in total. The van der Waals surface area contributed by atoms with Crippen LogP contribution >= 0.6 is 0 Å². The first-order chi connectivity index (χ1) is 20.7. The number of benzene rings is 1. The first kappa shape index (κ1) is 27.1. The molecule has 218 valence electrons. The highest BCUT2D eigenvalue weighted by molar-refractivity contribution is 7.90. The third-order valence-electron chi connectivity index (χ3n) is 8.17. The summed E-state index contributed by atoms with van der Waals surface area (Å²) in [5.41, 5.74) is 4.18. The lowest BCUT2D eigenvalue weighted by atomic mass is 9.87. The number of hydrogen-bond acceptors (Lipinski definition) is 9. The third kappa shape index (κ3) is 4.90. The average molecular weight is 602 g/mol. The highest BCUT2D eigenvalue weighted by Crippen LogP contribution is 2.36. The lowest BCUT2D eigenvalue weighted by molar-refractivity contribution is -0.00871. The molecule has 7 heterocycles. The number of aromatic nitrogens is 6. The second kappa shape index (κ2) is 10.2. The predicted molar refractivity (Wildman–Crippen MR) is 153 cm³/mol. The van der Waals surface area contributed by atoms with Crippen molar-refractivity contribution in [3.8, 4) is 28.5 Å². The van der Waals surface area contributed by atoms with Crippen LogP contribution in [0.3, 0.4) is 0 Å². The molecule has 2 unspecified atom stereocenters. The van der Waals surface area contributed by atoms with Crippen molar-refractivity contribution >= 4 is 21.2 Å². The average Bonchev–Trinajstić information content (AvgIpc) is 3.67. The van der Waals surface area contributed by atoms with Crippen LogP contribution in [-0.2, 0) is 16.4 Å². The van der Waals surface area contributed by atoms with Gasteiger partial charge < -0.3 is 4.90 Å². The highest BCUT2D eigenvalue weighted by atomic mass is 32.2. The van der Waals surface area contributed by atoms with Gasteiger partial charge in [-0.2, -0.15) is 24.2 Å². The minimum atomic E-state index is -3.22. The SMILES string of the molecule is CS(=O)(=O)c1ccc(CN2C3CC2CN(c2cnc(-c4cc(-c5cnn(C(F)F)c5)cn5ncc(C#N)c45)cn2)C3)cc1. The largest absolute Gasteiger partial charge is 0.352 e. The fourth-order valence-electron chi connectivity index (χ4n) is 5.96. The minimum Gasteiger partial charge on any atom is -0.352 e. The van der Waals surface area contributed by atoms with Gasteiger partial charge in [0.25, 0.3) is 0 Å². The van der Waals surface area contributed by atoms with Gasteiger partial charge in [0.05, 0.1) is 46.5 Å². The number of sulfone groups is 1. The third-order valence-corrected chi connectivity index (χ3v) is 9.29. The second-order valence-electron chi connectivity index (χ2n) is 10.9. The van der Waals surface area contributed by atoms with Crippen LogP contribution in [0.5, 0.6) is 0 Å². The van der Waals surface area contributed by atoms with E-state index < -0.39 is 16.4 Å². The number of nitrogens with zero attached hydrogens (tertiary/aromatic N) is 9. The van der Waals surface area contributed by atoms with Gasteiger partial charge in [0.2, 0.25) is 0 Å². The number of hydrogen-bond donors (Lipinski definition) is 0. The van der Waals surface area contributed by atoms with Crippen molar-refractivity contribution < 1.29 is 17.2 Å². The molecule has 0 amide bonds. The summed E-state index contributed by atoms with van der Waals surface area (Å²) in [5.74, 6) is 0.745. The Balaban J connectivity index is 1.11. The van der Waals surface area contributed by atoms with Crippen molar-refractivity contribution in [1.82, 2.24) is 34.3 Å². The van der Waals surface area contributed by atoms with Gasteiger partial charge in [0.15, 0.2) is 9.84 Å². The maximum absolute atomic E-state index is 13.1. The standard InChI is InChI=1S/C29H25F2N9O2S/c1-43(41,42)24-4-2-18(3-5-24)13-38-22-7-23(38)17-37(16-22)27-12-33-26(11-34-27)25-6-19(21-10-36-40(15-21)29(30)31)14-39-28(25)20(8-32)9-35-39/h2-6,9-12,14-15,22-23,29H,7,13,16-17H2,1H3. The molecule has 0 aliphatic carbocycles. The smallest absolute Gasteiger partial charge is 0.333 e. The van der Waals surface area contributed by atoms with E-state index in [-0.39, 0.29) is 0 Å². The number of nitriles is 1. The molecule has 14 heteroatoms. The maximum Gasteiger partial charge on any atom is 0.333 e. The fourth-order valence-corrected chi connectivity index (χ4v) is 6.59. The number of rotatable bonds is 7. The summed E-state index contributed by atoms with van der Waals surface area (Å²) in [4.78, 5) is 14.4. The minimum absolute atomic E-state index is 0.320. The molecule has 8 rings (SSSR count). The summed E-state index contributed by atoms with van der Waals surface area (Å²) in [7, 11) is -3.22. The second-order valence-corrected chi connectivity index (χ2v) is 12.9. The van der Waals surface area contributed by atoms with Gasteiger partial charge in [-0.05, 0) is 30.2 Å². The molecule has 4 aromatic heterocycles. The molecule has 3 fully saturated rings. The first-order valence-electron chi connectivity index (χ1n) is 13.5. The Kier molecular flexibility index (Phi) is 6.44. The molecule has 0 saturated carbocycles. The Morgan fingerprint density at radius 2 is 1.77 bits per heavy atom. The van der Waals surface area contributed by atoms with Crippen molar-refractivity contribution in [2.24, 2.45) is 0 Å². The number of pyridine rings is 1. The van der Waals surface area contributed by atoms with Gasteiger partial charge in [0.1, 0.15) is 11.9 Å². The molecule has 3 saturated heterocycles. The molecular formula is C29H25F2N9O2S. The van der Waals surface area contributed by atoms with Crippen LogP contribution < -0.4 is 4.90 Å². The van der Waals surface area contributed by atoms with E-state index in [0.29, 0.717) is 55.1 Å². The number of alkyl halides is 2. The van der Waals surface area contributed by atoms with E-state index in [1.807, 2.05) is 12.1 Å². The zero-order valence-corrected chi connectivity index (χ0v) is 23.7. The van der Waals surface area contributed by atoms with Crippen LogP contribution in [0.2, 0.25) is 0 Å². The Morgan fingerprint density at radius 1 is 1.00 bits per heavy atom. The van der Waals surface area contributed by atoms with Gasteiger partial charge >= 0.3 is 6.55 Å². The lowest BCUT2D eigenvalue weighted by Crippen LogP contribution is -2.68. The number of halogens is 2. The van der Waals surface area contributed by atoms with E-state index in [9.17, 15) is 22.5 Å². The molecule has 43 heavy (non-hydrogen) atoms. The van der Waals surface area contributed by atoms with Crippen molar-refractivity contribution in [3.63, 3.8) is 0 Å². The first-order valence-corrected chi connectivity index (χ1v) is 15.4. The van der Waals surface area contributed by atoms with Crippen LogP contribution in [0, 0.1) is 11.3 Å². The van der Waals surface area contributed by atoms with Gasteiger partial charge in [-0.3, -0.25) is 9.88 Å². The Hall–Kier alpha value is -4.74. The number of anilines is 1. The van der Waals surface area contributed by atoms with Crippen molar-refractivity contribution in [2.45, 2.75) is 36.5 Å². The van der Waals surface area contributed by atoms with E-state index >= 15 is 0 Å². The van der Waals surface area contributed by atoms with Crippen molar-refractivity contribution in [1.29, 1.82) is 5.26 Å². The fraction of sp³-hybridized carbons (Fsp3) is 0.276.